The molecule has 0 N–H and O–H groups in total. The number of nitriles is 1. The number of nitrogens with zero attached hydrogens (tertiary/aromatic N) is 3. The maximum absolute atomic E-state index is 8.84. The molecular formula is C13H19N3O3. The highest BCUT2D eigenvalue weighted by atomic mass is 16.7. The number of methoxy groups -OCH3 is 1. The van der Waals surface area contributed by atoms with Gasteiger partial charge in [-0.15, -0.1) is 0 Å². The molecule has 0 fully saturated rings. The summed E-state index contributed by atoms with van der Waals surface area (Å²) < 4.78 is 15.6. The van der Waals surface area contributed by atoms with Crippen molar-refractivity contribution in [1.29, 1.82) is 5.26 Å². The third-order valence-corrected chi connectivity index (χ3v) is 2.30. The van der Waals surface area contributed by atoms with Crippen LogP contribution in [-0.4, -0.2) is 37.1 Å². The zero-order valence-corrected chi connectivity index (χ0v) is 11.8. The Kier molecular flexibility index (Phi) is 5.67. The average molecular weight is 265 g/mol. The molecule has 0 aliphatic carbocycles. The third kappa shape index (κ3) is 4.81. The Morgan fingerprint density at radius 1 is 1.32 bits per heavy atom. The quantitative estimate of drug-likeness (QED) is 0.575. The van der Waals surface area contributed by atoms with Gasteiger partial charge in [0.2, 0.25) is 5.82 Å². The van der Waals surface area contributed by atoms with Gasteiger partial charge < -0.3 is 14.2 Å². The van der Waals surface area contributed by atoms with Gasteiger partial charge in [-0.1, -0.05) is 20.8 Å². The molecule has 0 aromatic carbocycles. The molecule has 6 nitrogen and oxygen atoms in total. The first-order chi connectivity index (χ1) is 8.99. The summed E-state index contributed by atoms with van der Waals surface area (Å²) in [4.78, 5) is 8.11. The van der Waals surface area contributed by atoms with Crippen molar-refractivity contribution in [3.63, 3.8) is 0 Å². The van der Waals surface area contributed by atoms with Gasteiger partial charge in [0, 0.05) is 12.5 Å². The van der Waals surface area contributed by atoms with E-state index in [1.165, 1.54) is 6.20 Å². The maximum Gasteiger partial charge on any atom is 0.232 e. The van der Waals surface area contributed by atoms with Gasteiger partial charge in [-0.05, 0) is 0 Å². The summed E-state index contributed by atoms with van der Waals surface area (Å²) >= 11 is 0. The van der Waals surface area contributed by atoms with Gasteiger partial charge in [0.15, 0.2) is 12.5 Å². The molecule has 0 saturated heterocycles. The lowest BCUT2D eigenvalue weighted by atomic mass is 9.91. The van der Waals surface area contributed by atoms with Gasteiger partial charge >= 0.3 is 0 Å². The maximum atomic E-state index is 8.84. The van der Waals surface area contributed by atoms with Crippen LogP contribution in [0.3, 0.4) is 0 Å². The van der Waals surface area contributed by atoms with Crippen LogP contribution >= 0.6 is 0 Å². The number of aromatic nitrogens is 2. The summed E-state index contributed by atoms with van der Waals surface area (Å²) in [5.41, 5.74) is 0.450. The summed E-state index contributed by atoms with van der Waals surface area (Å²) in [5.74, 6) is 0.668. The fourth-order valence-electron chi connectivity index (χ4n) is 1.37. The molecule has 0 amide bonds. The van der Waals surface area contributed by atoms with E-state index in [1.54, 1.807) is 7.11 Å². The number of hydrogen-bond donors (Lipinski definition) is 0. The second-order valence-electron chi connectivity index (χ2n) is 4.93. The summed E-state index contributed by atoms with van der Waals surface area (Å²) in [6.45, 7) is 7.05. The predicted molar refractivity (Wildman–Crippen MR) is 68.8 cm³/mol. The standard InChI is InChI=1S/C13H19N3O3/c1-13(2,3)12-10(8-15-11(7-14)16-12)19-9-18-6-5-17-4/h8H,5-6,9H2,1-4H3. The van der Waals surface area contributed by atoms with Crippen molar-refractivity contribution in [3.8, 4) is 11.8 Å². The third-order valence-electron chi connectivity index (χ3n) is 2.30. The van der Waals surface area contributed by atoms with Gasteiger partial charge in [0.25, 0.3) is 0 Å². The van der Waals surface area contributed by atoms with Crippen LogP contribution in [0.2, 0.25) is 0 Å². The van der Waals surface area contributed by atoms with Crippen molar-refractivity contribution in [2.75, 3.05) is 27.1 Å². The predicted octanol–water partition coefficient (Wildman–Crippen LogP) is 1.65. The van der Waals surface area contributed by atoms with Gasteiger partial charge in [0.1, 0.15) is 6.07 Å². The molecule has 0 spiro atoms. The molecule has 1 aromatic rings. The highest BCUT2D eigenvalue weighted by Crippen LogP contribution is 2.28. The molecule has 0 radical (unpaired) electrons. The minimum atomic E-state index is -0.240. The second-order valence-corrected chi connectivity index (χ2v) is 4.93. The molecule has 0 aliphatic rings. The van der Waals surface area contributed by atoms with Crippen molar-refractivity contribution in [1.82, 2.24) is 9.97 Å². The van der Waals surface area contributed by atoms with Crippen LogP contribution in [0.4, 0.5) is 0 Å². The Bertz CT molecular complexity index is 449. The molecule has 19 heavy (non-hydrogen) atoms. The van der Waals surface area contributed by atoms with E-state index in [0.717, 1.165) is 0 Å². The van der Waals surface area contributed by atoms with E-state index in [9.17, 15) is 0 Å². The first kappa shape index (κ1) is 15.3. The van der Waals surface area contributed by atoms with Crippen LogP contribution in [0.15, 0.2) is 6.20 Å². The van der Waals surface area contributed by atoms with E-state index >= 15 is 0 Å². The van der Waals surface area contributed by atoms with Crippen LogP contribution in [0.5, 0.6) is 5.75 Å². The number of hydrogen-bond acceptors (Lipinski definition) is 6. The largest absolute Gasteiger partial charge is 0.464 e. The van der Waals surface area contributed by atoms with Crippen LogP contribution < -0.4 is 4.74 Å². The topological polar surface area (TPSA) is 77.3 Å². The second kappa shape index (κ2) is 7.02. The normalized spacial score (nSPS) is 11.1. The van der Waals surface area contributed by atoms with E-state index < -0.39 is 0 Å². The van der Waals surface area contributed by atoms with Crippen molar-refractivity contribution in [2.24, 2.45) is 0 Å². The van der Waals surface area contributed by atoms with Crippen LogP contribution in [0, 0.1) is 11.3 Å². The summed E-state index contributed by atoms with van der Waals surface area (Å²) in [7, 11) is 1.61. The lowest BCUT2D eigenvalue weighted by Gasteiger charge is -2.21. The van der Waals surface area contributed by atoms with Crippen molar-refractivity contribution < 1.29 is 14.2 Å². The summed E-state index contributed by atoms with van der Waals surface area (Å²) in [6, 6.07) is 1.93. The van der Waals surface area contributed by atoms with E-state index in [0.29, 0.717) is 24.7 Å². The molecule has 0 aliphatic heterocycles. The van der Waals surface area contributed by atoms with Crippen molar-refractivity contribution in [3.05, 3.63) is 17.7 Å². The van der Waals surface area contributed by atoms with E-state index in [2.05, 4.69) is 9.97 Å². The molecule has 1 heterocycles. The smallest absolute Gasteiger partial charge is 0.232 e. The first-order valence-electron chi connectivity index (χ1n) is 5.96. The van der Waals surface area contributed by atoms with E-state index in [-0.39, 0.29) is 18.0 Å². The minimum absolute atomic E-state index is 0.0989. The SMILES string of the molecule is COCCOCOc1cnc(C#N)nc1C(C)(C)C. The van der Waals surface area contributed by atoms with Crippen molar-refractivity contribution in [2.45, 2.75) is 26.2 Å². The highest BCUT2D eigenvalue weighted by Gasteiger charge is 2.22. The molecule has 0 bridgehead atoms. The fraction of sp³-hybridized carbons (Fsp3) is 0.615. The Morgan fingerprint density at radius 3 is 2.63 bits per heavy atom. The molecule has 0 unspecified atom stereocenters. The molecule has 1 aromatic heterocycles. The Morgan fingerprint density at radius 2 is 2.05 bits per heavy atom. The molecule has 0 atom stereocenters. The number of ether oxygens (including phenoxy) is 3. The van der Waals surface area contributed by atoms with Crippen LogP contribution in [0.1, 0.15) is 32.3 Å². The molecule has 0 saturated carbocycles. The van der Waals surface area contributed by atoms with Gasteiger partial charge in [-0.25, -0.2) is 9.97 Å². The van der Waals surface area contributed by atoms with Gasteiger partial charge in [-0.3, -0.25) is 0 Å². The average Bonchev–Trinajstić information content (AvgIpc) is 2.37. The van der Waals surface area contributed by atoms with Crippen molar-refractivity contribution >= 4 is 0 Å². The molecule has 6 heteroatoms. The first-order valence-corrected chi connectivity index (χ1v) is 5.96. The zero-order valence-electron chi connectivity index (χ0n) is 11.8. The lowest BCUT2D eigenvalue weighted by Crippen LogP contribution is -2.18. The van der Waals surface area contributed by atoms with E-state index in [1.807, 2.05) is 26.8 Å². The zero-order chi connectivity index (χ0) is 14.3. The van der Waals surface area contributed by atoms with E-state index in [4.69, 9.17) is 19.5 Å². The highest BCUT2D eigenvalue weighted by molar-refractivity contribution is 5.32. The minimum Gasteiger partial charge on any atom is -0.464 e. The molecule has 104 valence electrons. The van der Waals surface area contributed by atoms with Crippen LogP contribution in [0.25, 0.3) is 0 Å². The lowest BCUT2D eigenvalue weighted by molar-refractivity contribution is -0.00959. The van der Waals surface area contributed by atoms with Gasteiger partial charge in [0.05, 0.1) is 25.1 Å². The summed E-state index contributed by atoms with van der Waals surface area (Å²) in [5, 5.41) is 8.84. The monoisotopic (exact) mass is 265 g/mol. The summed E-state index contributed by atoms with van der Waals surface area (Å²) in [6.07, 6.45) is 1.51. The molecule has 1 rings (SSSR count). The molecular weight excluding hydrogens is 246 g/mol. The Labute approximate surface area is 113 Å². The fourth-order valence-corrected chi connectivity index (χ4v) is 1.37. The Balaban J connectivity index is 2.74. The van der Waals surface area contributed by atoms with Gasteiger partial charge in [-0.2, -0.15) is 5.26 Å². The van der Waals surface area contributed by atoms with Crippen LogP contribution in [-0.2, 0) is 14.9 Å². The Hall–Kier alpha value is -1.71. The number of rotatable bonds is 6.